The zero-order valence-corrected chi connectivity index (χ0v) is 8.29. The minimum atomic E-state index is -1.07. The second-order valence-electron chi connectivity index (χ2n) is 1.80. The summed E-state index contributed by atoms with van der Waals surface area (Å²) in [6.07, 6.45) is 0. The van der Waals surface area contributed by atoms with Gasteiger partial charge in [-0.05, 0) is 14.1 Å². The Kier molecular flexibility index (Phi) is 19.5. The Morgan fingerprint density at radius 1 is 1.00 bits per heavy atom. The summed E-state index contributed by atoms with van der Waals surface area (Å²) in [5, 5.41) is 23.7. The van der Waals surface area contributed by atoms with Gasteiger partial charge in [-0.2, -0.15) is 0 Å². The fourth-order valence-corrected chi connectivity index (χ4v) is 0.289. The predicted octanol–water partition coefficient (Wildman–Crippen LogP) is -4.09. The molecule has 0 amide bonds. The second kappa shape index (κ2) is 13.9. The Labute approximate surface area is 87.2 Å². The van der Waals surface area contributed by atoms with E-state index in [9.17, 15) is 19.8 Å². The van der Waals surface area contributed by atoms with Crippen molar-refractivity contribution in [2.75, 3.05) is 27.2 Å². The van der Waals surface area contributed by atoms with Crippen LogP contribution in [0.25, 0.3) is 0 Å². The van der Waals surface area contributed by atoms with Gasteiger partial charge in [0, 0.05) is 13.1 Å². The van der Waals surface area contributed by atoms with Crippen molar-refractivity contribution >= 4 is 11.9 Å². The Balaban J connectivity index is -0.000000143. The largest absolute Gasteiger partial charge is 2.00 e. The van der Waals surface area contributed by atoms with Gasteiger partial charge in [-0.25, -0.2) is 0 Å². The molecule has 1 radical (unpaired) electrons. The molecule has 7 heteroatoms. The van der Waals surface area contributed by atoms with Crippen molar-refractivity contribution in [3.8, 4) is 0 Å². The van der Waals surface area contributed by atoms with Crippen LogP contribution in [0.4, 0.5) is 0 Å². The van der Waals surface area contributed by atoms with E-state index in [-0.39, 0.29) is 30.2 Å². The Morgan fingerprint density at radius 2 is 1.23 bits per heavy atom. The van der Waals surface area contributed by atoms with Gasteiger partial charge in [0.1, 0.15) is 0 Å². The molecule has 0 saturated carbocycles. The van der Waals surface area contributed by atoms with Crippen LogP contribution < -0.4 is 20.8 Å². The molecular weight excluding hydrogens is 228 g/mol. The number of carboxylic acids is 2. The summed E-state index contributed by atoms with van der Waals surface area (Å²) in [4.78, 5) is 18.9. The van der Waals surface area contributed by atoms with Crippen LogP contribution in [0.2, 0.25) is 0 Å². The molecule has 0 aliphatic rings. The zero-order chi connectivity index (χ0) is 9.98. The fraction of sp³-hybridized carbons (Fsp3) is 0.667. The van der Waals surface area contributed by atoms with Gasteiger partial charge < -0.3 is 30.4 Å². The summed E-state index contributed by atoms with van der Waals surface area (Å²) in [5.41, 5.74) is 0. The van der Waals surface area contributed by atoms with Crippen molar-refractivity contribution in [2.24, 2.45) is 0 Å². The summed E-state index contributed by atoms with van der Waals surface area (Å²) in [6, 6.07) is 0. The maximum atomic E-state index is 9.43. The molecule has 0 atom stereocenters. The third kappa shape index (κ3) is 34.6. The van der Waals surface area contributed by atoms with Crippen LogP contribution in [0.1, 0.15) is 0 Å². The zero-order valence-electron chi connectivity index (χ0n) is 7.35. The number of aliphatic carboxylic acids is 2. The monoisotopic (exact) mass is 239 g/mol. The second-order valence-corrected chi connectivity index (χ2v) is 1.80. The number of hydrogen-bond acceptors (Lipinski definition) is 6. The third-order valence-electron chi connectivity index (χ3n) is 0.642. The first-order valence-corrected chi connectivity index (χ1v) is 3.23. The van der Waals surface area contributed by atoms with Gasteiger partial charge in [-0.1, -0.05) is 0 Å². The molecule has 81 valence electrons. The number of rotatable bonds is 4. The summed E-state index contributed by atoms with van der Waals surface area (Å²) in [5.74, 6) is -2.14. The summed E-state index contributed by atoms with van der Waals surface area (Å²) in [7, 11) is 3.10. The van der Waals surface area contributed by atoms with Crippen molar-refractivity contribution < 1.29 is 36.9 Å². The van der Waals surface area contributed by atoms with Gasteiger partial charge in [-0.3, -0.25) is 0 Å². The van der Waals surface area contributed by atoms with Crippen LogP contribution >= 0.6 is 0 Å². The molecule has 0 spiro atoms. The molecule has 0 aliphatic heterocycles. The molecule has 0 rings (SSSR count). The normalized spacial score (nSPS) is 7.54. The average molecular weight is 240 g/mol. The van der Waals surface area contributed by atoms with Crippen molar-refractivity contribution in [3.63, 3.8) is 0 Å². The molecule has 0 heterocycles. The maximum absolute atomic E-state index is 9.43. The smallest absolute Gasteiger partial charge is 0.549 e. The van der Waals surface area contributed by atoms with Gasteiger partial charge in [0.15, 0.2) is 0 Å². The quantitative estimate of drug-likeness (QED) is 0.484. The van der Waals surface area contributed by atoms with Crippen molar-refractivity contribution in [1.29, 1.82) is 0 Å². The fourth-order valence-electron chi connectivity index (χ4n) is 0.289. The Bertz CT molecular complexity index is 127. The molecule has 0 saturated heterocycles. The number of nitrogens with one attached hydrogen (secondary N) is 2. The van der Waals surface area contributed by atoms with Crippen LogP contribution in [0.5, 0.6) is 0 Å². The van der Waals surface area contributed by atoms with Crippen molar-refractivity contribution in [2.45, 2.75) is 0 Å². The van der Waals surface area contributed by atoms with E-state index in [1.807, 2.05) is 0 Å². The molecule has 0 bridgehead atoms. The molecule has 0 aliphatic carbocycles. The number of carboxylic acid groups (broad SMARTS) is 2. The first-order valence-electron chi connectivity index (χ1n) is 3.23. The third-order valence-corrected chi connectivity index (χ3v) is 0.642. The Hall–Kier alpha value is -0.621. The average Bonchev–Trinajstić information content (AvgIpc) is 1.87. The van der Waals surface area contributed by atoms with Crippen LogP contribution in [0.3, 0.4) is 0 Å². The molecule has 0 fully saturated rings. The molecule has 0 aromatic rings. The van der Waals surface area contributed by atoms with Crippen LogP contribution in [0.15, 0.2) is 0 Å². The Morgan fingerprint density at radius 3 is 1.23 bits per heavy atom. The number of hydrogen-bond donors (Lipinski definition) is 2. The molecule has 6 nitrogen and oxygen atoms in total. The molecular formula is C6H12CuN2O4. The first-order chi connectivity index (χ1) is 5.54. The summed E-state index contributed by atoms with van der Waals surface area (Å²) < 4.78 is 0. The van der Waals surface area contributed by atoms with E-state index in [2.05, 4.69) is 10.6 Å². The van der Waals surface area contributed by atoms with Gasteiger partial charge in [0.25, 0.3) is 0 Å². The van der Waals surface area contributed by atoms with Gasteiger partial charge >= 0.3 is 17.1 Å². The van der Waals surface area contributed by atoms with Gasteiger partial charge in [0.05, 0.1) is 11.9 Å². The molecule has 2 N–H and O–H groups in total. The van der Waals surface area contributed by atoms with Crippen molar-refractivity contribution in [1.82, 2.24) is 10.6 Å². The van der Waals surface area contributed by atoms with E-state index in [4.69, 9.17) is 0 Å². The minimum absolute atomic E-state index is 0. The predicted molar refractivity (Wildman–Crippen MR) is 37.9 cm³/mol. The number of likely N-dealkylation sites (N-methyl/N-ethyl adjacent to an activating group) is 2. The summed E-state index contributed by atoms with van der Waals surface area (Å²) >= 11 is 0. The van der Waals surface area contributed by atoms with Crippen LogP contribution in [0, 0.1) is 0 Å². The van der Waals surface area contributed by atoms with E-state index in [0.717, 1.165) is 0 Å². The standard InChI is InChI=1S/2C3H7NO2.Cu/c2*1-4-2-3(5)6;/h2*4H,2H2,1H3,(H,5,6);/q;;+2/p-2. The van der Waals surface area contributed by atoms with E-state index in [1.54, 1.807) is 14.1 Å². The van der Waals surface area contributed by atoms with Crippen LogP contribution in [-0.2, 0) is 26.7 Å². The van der Waals surface area contributed by atoms with E-state index >= 15 is 0 Å². The van der Waals surface area contributed by atoms with Gasteiger partial charge in [-0.15, -0.1) is 0 Å². The molecule has 0 unspecified atom stereocenters. The number of carbonyl (C=O) groups is 2. The summed E-state index contributed by atoms with van der Waals surface area (Å²) in [6.45, 7) is -0.139. The SMILES string of the molecule is CNCC(=O)[O-].CNCC(=O)[O-].[Cu+2]. The molecule has 0 aromatic carbocycles. The van der Waals surface area contributed by atoms with Crippen LogP contribution in [-0.4, -0.2) is 39.1 Å². The molecule has 13 heavy (non-hydrogen) atoms. The van der Waals surface area contributed by atoms with Gasteiger partial charge in [0.2, 0.25) is 0 Å². The minimum Gasteiger partial charge on any atom is -0.549 e. The first kappa shape index (κ1) is 18.2. The maximum Gasteiger partial charge on any atom is 2.00 e. The molecule has 0 aromatic heterocycles. The van der Waals surface area contributed by atoms with Crippen molar-refractivity contribution in [3.05, 3.63) is 0 Å². The topological polar surface area (TPSA) is 104 Å². The van der Waals surface area contributed by atoms with E-state index in [0.29, 0.717) is 0 Å². The van der Waals surface area contributed by atoms with E-state index in [1.165, 1.54) is 0 Å². The van der Waals surface area contributed by atoms with E-state index < -0.39 is 11.9 Å². The number of carbonyl (C=O) groups excluding carboxylic acids is 2.